The highest BCUT2D eigenvalue weighted by Crippen LogP contribution is 2.51. The van der Waals surface area contributed by atoms with E-state index in [9.17, 15) is 13.2 Å². The second-order valence-electron chi connectivity index (χ2n) is 13.1. The number of halogens is 1. The van der Waals surface area contributed by atoms with Crippen LogP contribution in [0, 0.1) is 25.2 Å². The van der Waals surface area contributed by atoms with Crippen LogP contribution in [0.5, 0.6) is 5.75 Å². The molecule has 2 N–H and O–H groups in total. The molecule has 1 saturated carbocycles. The van der Waals surface area contributed by atoms with Crippen molar-refractivity contribution in [1.29, 1.82) is 0 Å². The van der Waals surface area contributed by atoms with Gasteiger partial charge in [0.15, 0.2) is 0 Å². The van der Waals surface area contributed by atoms with Crippen molar-refractivity contribution in [3.8, 4) is 17.0 Å². The second kappa shape index (κ2) is 12.7. The second-order valence-corrected chi connectivity index (χ2v) is 14.8. The Bertz CT molecular complexity index is 1610. The summed E-state index contributed by atoms with van der Waals surface area (Å²) in [6.45, 7) is 10.7. The molecule has 8 nitrogen and oxygen atoms in total. The van der Waals surface area contributed by atoms with Gasteiger partial charge < -0.3 is 15.0 Å². The lowest BCUT2D eigenvalue weighted by atomic mass is 9.60. The largest absolute Gasteiger partial charge is 0.491 e. The van der Waals surface area contributed by atoms with Crippen LogP contribution in [0.4, 0.5) is 5.82 Å². The zero-order valence-corrected chi connectivity index (χ0v) is 27.6. The van der Waals surface area contributed by atoms with Gasteiger partial charge in [-0.05, 0) is 99.7 Å². The van der Waals surface area contributed by atoms with Gasteiger partial charge in [-0.2, -0.15) is 0 Å². The number of nitrogens with one attached hydrogen (secondary N) is 2. The molecule has 3 aliphatic rings. The third-order valence-electron chi connectivity index (χ3n) is 9.37. The summed E-state index contributed by atoms with van der Waals surface area (Å²) >= 11 is 0. The summed E-state index contributed by atoms with van der Waals surface area (Å²) in [5, 5.41) is 3.47. The number of anilines is 1. The minimum atomic E-state index is -4.03. The Morgan fingerprint density at radius 3 is 2.39 bits per heavy atom. The lowest BCUT2D eigenvalue weighted by Gasteiger charge is -2.55. The van der Waals surface area contributed by atoms with E-state index in [1.807, 2.05) is 43.0 Å². The number of hydrogen-bond acceptors (Lipinski definition) is 6. The smallest absolute Gasteiger partial charge is 0.263 e. The first-order chi connectivity index (χ1) is 20.5. The summed E-state index contributed by atoms with van der Waals surface area (Å²) in [5.41, 5.74) is 4.30. The number of amides is 1. The molecule has 3 aromatic rings. The molecule has 1 atom stereocenters. The van der Waals surface area contributed by atoms with E-state index in [1.165, 1.54) is 12.1 Å². The average Bonchev–Trinajstić information content (AvgIpc) is 2.95. The SMILES string of the molecule is Cc1cccc(C)c1-c1cc2cc(n1)NS(=O)(=O)c1cccc(c1)C(=O)N(C1CC3(CCNCC3)C1)[C@H](CC(C)C)CO2.Cl. The number of aryl methyl sites for hydroxylation is 2. The van der Waals surface area contributed by atoms with E-state index in [4.69, 9.17) is 9.72 Å². The molecule has 1 spiro atoms. The van der Waals surface area contributed by atoms with Crippen molar-refractivity contribution in [1.82, 2.24) is 15.2 Å². The van der Waals surface area contributed by atoms with Gasteiger partial charge in [-0.3, -0.25) is 9.52 Å². The number of piperidine rings is 1. The number of rotatable bonds is 4. The summed E-state index contributed by atoms with van der Waals surface area (Å²) in [6, 6.07) is 15.8. The maximum absolute atomic E-state index is 14.4. The molecule has 3 heterocycles. The van der Waals surface area contributed by atoms with Gasteiger partial charge in [0.1, 0.15) is 18.2 Å². The average molecular weight is 639 g/mol. The zero-order valence-electron chi connectivity index (χ0n) is 25.9. The molecular weight excluding hydrogens is 596 g/mol. The fourth-order valence-electron chi connectivity index (χ4n) is 7.26. The summed E-state index contributed by atoms with van der Waals surface area (Å²) in [5.74, 6) is 0.885. The molecule has 236 valence electrons. The minimum Gasteiger partial charge on any atom is -0.491 e. The van der Waals surface area contributed by atoms with Crippen LogP contribution in [0.2, 0.25) is 0 Å². The van der Waals surface area contributed by atoms with E-state index in [0.29, 0.717) is 29.5 Å². The normalized spacial score (nSPS) is 21.2. The van der Waals surface area contributed by atoms with Crippen molar-refractivity contribution in [2.75, 3.05) is 24.4 Å². The van der Waals surface area contributed by atoms with E-state index in [0.717, 1.165) is 61.9 Å². The number of benzene rings is 2. The van der Waals surface area contributed by atoms with Crippen LogP contribution in [0.15, 0.2) is 59.5 Å². The molecule has 10 heteroatoms. The molecule has 2 aliphatic heterocycles. The van der Waals surface area contributed by atoms with Crippen LogP contribution in [-0.2, 0) is 10.0 Å². The summed E-state index contributed by atoms with van der Waals surface area (Å²) in [6.07, 6.45) is 4.94. The summed E-state index contributed by atoms with van der Waals surface area (Å²) in [4.78, 5) is 21.1. The van der Waals surface area contributed by atoms with Crippen molar-refractivity contribution in [2.45, 2.75) is 76.8 Å². The van der Waals surface area contributed by atoms with Crippen molar-refractivity contribution in [2.24, 2.45) is 11.3 Å². The van der Waals surface area contributed by atoms with Crippen molar-refractivity contribution < 1.29 is 17.9 Å². The molecule has 2 aromatic carbocycles. The van der Waals surface area contributed by atoms with Gasteiger partial charge in [-0.25, -0.2) is 13.4 Å². The van der Waals surface area contributed by atoms with Crippen molar-refractivity contribution in [3.63, 3.8) is 0 Å². The van der Waals surface area contributed by atoms with Crippen LogP contribution in [0.3, 0.4) is 0 Å². The fourth-order valence-corrected chi connectivity index (χ4v) is 8.30. The topological polar surface area (TPSA) is 101 Å². The molecule has 1 aromatic heterocycles. The predicted molar refractivity (Wildman–Crippen MR) is 176 cm³/mol. The molecule has 2 fully saturated rings. The van der Waals surface area contributed by atoms with E-state index >= 15 is 0 Å². The number of hydrogen-bond donors (Lipinski definition) is 2. The molecule has 6 rings (SSSR count). The molecular formula is C34H43ClN4O4S. The molecule has 1 saturated heterocycles. The lowest BCUT2D eigenvalue weighted by Crippen LogP contribution is -2.59. The number of carbonyl (C=O) groups excluding carboxylic acids is 1. The number of ether oxygens (including phenoxy) is 1. The van der Waals surface area contributed by atoms with E-state index < -0.39 is 10.0 Å². The molecule has 1 amide bonds. The Labute approximate surface area is 267 Å². The standard InChI is InChI=1S/C34H42N4O4S.ClH/c1-22(2)15-26-21-42-28-17-30(32-23(3)7-5-8-24(32)4)36-31(18-28)37-43(40,41)29-10-6-9-25(16-29)33(39)38(26)27-19-34(20-27)11-13-35-14-12-34;/h5-10,16-18,22,26-27,35H,11-15,19-21H2,1-4H3,(H,36,37);1H/t26-;/m1./s1. The van der Waals surface area contributed by atoms with Crippen LogP contribution in [0.1, 0.15) is 67.4 Å². The highest BCUT2D eigenvalue weighted by molar-refractivity contribution is 7.92. The van der Waals surface area contributed by atoms with Gasteiger partial charge in [-0.1, -0.05) is 38.1 Å². The lowest BCUT2D eigenvalue weighted by molar-refractivity contribution is -0.0365. The first kappa shape index (κ1) is 32.3. The summed E-state index contributed by atoms with van der Waals surface area (Å²) in [7, 11) is -4.03. The van der Waals surface area contributed by atoms with Gasteiger partial charge in [0, 0.05) is 29.3 Å². The Balaban J connectivity index is 0.00000384. The number of pyridine rings is 1. The fraction of sp³-hybridized carbons (Fsp3) is 0.471. The number of carbonyl (C=O) groups is 1. The van der Waals surface area contributed by atoms with Crippen molar-refractivity contribution >= 4 is 34.2 Å². The third-order valence-corrected chi connectivity index (χ3v) is 10.7. The molecule has 1 aliphatic carbocycles. The Morgan fingerprint density at radius 2 is 1.70 bits per heavy atom. The molecule has 0 unspecified atom stereocenters. The van der Waals surface area contributed by atoms with Gasteiger partial charge in [0.25, 0.3) is 15.9 Å². The monoisotopic (exact) mass is 638 g/mol. The minimum absolute atomic E-state index is 0. The first-order valence-corrected chi connectivity index (χ1v) is 16.9. The number of sulfonamides is 1. The highest BCUT2D eigenvalue weighted by atomic mass is 35.5. The van der Waals surface area contributed by atoms with Gasteiger partial charge in [0.2, 0.25) is 0 Å². The van der Waals surface area contributed by atoms with Crippen LogP contribution < -0.4 is 14.8 Å². The Morgan fingerprint density at radius 1 is 1.02 bits per heavy atom. The molecule has 4 bridgehead atoms. The maximum atomic E-state index is 14.4. The van der Waals surface area contributed by atoms with Gasteiger partial charge in [-0.15, -0.1) is 12.4 Å². The Kier molecular flexibility index (Phi) is 9.31. The third kappa shape index (κ3) is 6.46. The molecule has 0 radical (unpaired) electrons. The van der Waals surface area contributed by atoms with Crippen LogP contribution in [0.25, 0.3) is 11.3 Å². The predicted octanol–water partition coefficient (Wildman–Crippen LogP) is 6.37. The van der Waals surface area contributed by atoms with E-state index in [-0.39, 0.29) is 46.5 Å². The van der Waals surface area contributed by atoms with Gasteiger partial charge in [0.05, 0.1) is 16.6 Å². The van der Waals surface area contributed by atoms with E-state index in [2.05, 4.69) is 23.9 Å². The molecule has 44 heavy (non-hydrogen) atoms. The highest BCUT2D eigenvalue weighted by Gasteiger charge is 2.49. The maximum Gasteiger partial charge on any atom is 0.263 e. The van der Waals surface area contributed by atoms with Gasteiger partial charge >= 0.3 is 0 Å². The zero-order chi connectivity index (χ0) is 30.4. The van der Waals surface area contributed by atoms with Crippen LogP contribution >= 0.6 is 12.4 Å². The van der Waals surface area contributed by atoms with Crippen LogP contribution in [-0.4, -0.2) is 56.0 Å². The summed E-state index contributed by atoms with van der Waals surface area (Å²) < 4.78 is 36.4. The van der Waals surface area contributed by atoms with Crippen molar-refractivity contribution in [3.05, 3.63) is 71.3 Å². The Hall–Kier alpha value is -3.14. The quantitative estimate of drug-likeness (QED) is 0.345. The van der Waals surface area contributed by atoms with E-state index in [1.54, 1.807) is 18.2 Å². The number of nitrogens with zero attached hydrogens (tertiary/aromatic N) is 2. The number of aromatic nitrogens is 1. The number of fused-ring (bicyclic) bond motifs is 4. The first-order valence-electron chi connectivity index (χ1n) is 15.4.